The molecule has 0 bridgehead atoms. The Morgan fingerprint density at radius 1 is 1.31 bits per heavy atom. The maximum Gasteiger partial charge on any atom is 0.222 e. The first-order valence-electron chi connectivity index (χ1n) is 4.82. The minimum atomic E-state index is -0.939. The van der Waals surface area contributed by atoms with Crippen molar-refractivity contribution in [3.05, 3.63) is 35.4 Å². The lowest BCUT2D eigenvalue weighted by atomic mass is 10.1. The van der Waals surface area contributed by atoms with Gasteiger partial charge in [0.2, 0.25) is 5.88 Å². The molecule has 1 aromatic carbocycles. The number of nitrogens with two attached hydrogens (primary N) is 1. The fraction of sp³-hybridized carbons (Fsp3) is 0.182. The number of aromatic nitrogens is 1. The van der Waals surface area contributed by atoms with E-state index < -0.39 is 11.6 Å². The van der Waals surface area contributed by atoms with Gasteiger partial charge in [-0.15, -0.1) is 0 Å². The first-order valence-corrected chi connectivity index (χ1v) is 4.82. The summed E-state index contributed by atoms with van der Waals surface area (Å²) in [5.74, 6) is -1.77. The molecule has 0 saturated carbocycles. The lowest BCUT2D eigenvalue weighted by Crippen LogP contribution is -1.93. The minimum absolute atomic E-state index is 0.0664. The molecule has 0 fully saturated rings. The zero-order chi connectivity index (χ0) is 11.7. The van der Waals surface area contributed by atoms with Crippen LogP contribution in [0.4, 0.5) is 14.7 Å². The quantitative estimate of drug-likeness (QED) is 0.853. The molecule has 0 atom stereocenters. The van der Waals surface area contributed by atoms with E-state index >= 15 is 0 Å². The standard InChI is InChI=1S/C11H10F2N2O/c1-2-6-3-7(11(13)8(12)4-6)9-5-10(14)16-15-9/h3-5H,2,14H2,1H3. The third kappa shape index (κ3) is 1.76. The van der Waals surface area contributed by atoms with E-state index in [4.69, 9.17) is 5.73 Å². The second kappa shape index (κ2) is 3.92. The van der Waals surface area contributed by atoms with Crippen molar-refractivity contribution >= 4 is 5.88 Å². The molecule has 0 radical (unpaired) electrons. The average molecular weight is 224 g/mol. The molecule has 3 nitrogen and oxygen atoms in total. The molecule has 0 aliphatic rings. The largest absolute Gasteiger partial charge is 0.368 e. The van der Waals surface area contributed by atoms with E-state index in [0.717, 1.165) is 0 Å². The summed E-state index contributed by atoms with van der Waals surface area (Å²) in [6, 6.07) is 4.06. The molecule has 2 rings (SSSR count). The van der Waals surface area contributed by atoms with Gasteiger partial charge in [-0.2, -0.15) is 0 Å². The molecule has 0 saturated heterocycles. The highest BCUT2D eigenvalue weighted by Crippen LogP contribution is 2.26. The number of halogens is 2. The summed E-state index contributed by atoms with van der Waals surface area (Å²) in [5.41, 5.74) is 6.28. The maximum atomic E-state index is 13.5. The number of hydrogen-bond donors (Lipinski definition) is 1. The van der Waals surface area contributed by atoms with Crippen LogP contribution >= 0.6 is 0 Å². The zero-order valence-corrected chi connectivity index (χ0v) is 8.63. The van der Waals surface area contributed by atoms with E-state index in [9.17, 15) is 8.78 Å². The lowest BCUT2D eigenvalue weighted by molar-refractivity contribution is 0.438. The third-order valence-corrected chi connectivity index (χ3v) is 2.30. The zero-order valence-electron chi connectivity index (χ0n) is 8.63. The van der Waals surface area contributed by atoms with Crippen LogP contribution in [0.1, 0.15) is 12.5 Å². The summed E-state index contributed by atoms with van der Waals surface area (Å²) in [5, 5.41) is 3.56. The highest BCUT2D eigenvalue weighted by atomic mass is 19.2. The van der Waals surface area contributed by atoms with Crippen LogP contribution in [-0.4, -0.2) is 5.16 Å². The van der Waals surface area contributed by atoms with E-state index in [1.165, 1.54) is 18.2 Å². The van der Waals surface area contributed by atoms with Crippen molar-refractivity contribution in [1.29, 1.82) is 0 Å². The summed E-state index contributed by atoms with van der Waals surface area (Å²) in [4.78, 5) is 0. The summed E-state index contributed by atoms with van der Waals surface area (Å²) in [6.45, 7) is 1.85. The fourth-order valence-electron chi connectivity index (χ4n) is 1.45. The number of rotatable bonds is 2. The molecule has 0 unspecified atom stereocenters. The van der Waals surface area contributed by atoms with Crippen LogP contribution in [0.5, 0.6) is 0 Å². The van der Waals surface area contributed by atoms with Gasteiger partial charge in [-0.25, -0.2) is 8.78 Å². The molecule has 0 spiro atoms. The third-order valence-electron chi connectivity index (χ3n) is 2.30. The van der Waals surface area contributed by atoms with Gasteiger partial charge in [0.25, 0.3) is 0 Å². The van der Waals surface area contributed by atoms with Crippen LogP contribution in [-0.2, 0) is 6.42 Å². The van der Waals surface area contributed by atoms with Gasteiger partial charge in [-0.1, -0.05) is 12.1 Å². The van der Waals surface area contributed by atoms with Crippen molar-refractivity contribution < 1.29 is 13.3 Å². The Bertz CT molecular complexity index is 523. The summed E-state index contributed by atoms with van der Waals surface area (Å²) in [6.07, 6.45) is 0.609. The molecule has 16 heavy (non-hydrogen) atoms. The Morgan fingerprint density at radius 2 is 2.06 bits per heavy atom. The normalized spacial score (nSPS) is 10.7. The van der Waals surface area contributed by atoms with E-state index in [0.29, 0.717) is 12.0 Å². The Hall–Kier alpha value is -1.91. The SMILES string of the molecule is CCc1cc(F)c(F)c(-c2cc(N)on2)c1. The first kappa shape index (κ1) is 10.6. The van der Waals surface area contributed by atoms with Crippen molar-refractivity contribution in [2.45, 2.75) is 13.3 Å². The van der Waals surface area contributed by atoms with Crippen LogP contribution in [0.25, 0.3) is 11.3 Å². The molecular formula is C11H10F2N2O. The Kier molecular flexibility index (Phi) is 2.60. The molecule has 2 aromatic rings. The highest BCUT2D eigenvalue weighted by Gasteiger charge is 2.15. The van der Waals surface area contributed by atoms with Gasteiger partial charge in [0.15, 0.2) is 11.6 Å². The molecule has 1 heterocycles. The van der Waals surface area contributed by atoms with Gasteiger partial charge in [-0.05, 0) is 24.1 Å². The fourth-order valence-corrected chi connectivity index (χ4v) is 1.45. The maximum absolute atomic E-state index is 13.5. The van der Waals surface area contributed by atoms with Gasteiger partial charge < -0.3 is 10.3 Å². The van der Waals surface area contributed by atoms with Crippen LogP contribution in [0.15, 0.2) is 22.7 Å². The van der Waals surface area contributed by atoms with Crippen molar-refractivity contribution in [3.8, 4) is 11.3 Å². The van der Waals surface area contributed by atoms with Crippen LogP contribution in [0, 0.1) is 11.6 Å². The number of benzene rings is 1. The number of hydrogen-bond acceptors (Lipinski definition) is 3. The van der Waals surface area contributed by atoms with Crippen LogP contribution in [0.3, 0.4) is 0 Å². The number of nitrogen functional groups attached to an aromatic ring is 1. The number of nitrogens with zero attached hydrogens (tertiary/aromatic N) is 1. The van der Waals surface area contributed by atoms with Crippen LogP contribution in [0.2, 0.25) is 0 Å². The molecule has 0 aliphatic heterocycles. The van der Waals surface area contributed by atoms with Gasteiger partial charge in [0, 0.05) is 11.6 Å². The highest BCUT2D eigenvalue weighted by molar-refractivity contribution is 5.63. The second-order valence-electron chi connectivity index (χ2n) is 3.41. The van der Waals surface area contributed by atoms with Crippen molar-refractivity contribution in [2.75, 3.05) is 5.73 Å². The van der Waals surface area contributed by atoms with E-state index in [-0.39, 0.29) is 17.1 Å². The molecule has 2 N–H and O–H groups in total. The smallest absolute Gasteiger partial charge is 0.222 e. The Morgan fingerprint density at radius 3 is 2.62 bits per heavy atom. The van der Waals surface area contributed by atoms with Gasteiger partial charge in [0.05, 0.1) is 0 Å². The predicted octanol–water partition coefficient (Wildman–Crippen LogP) is 2.76. The van der Waals surface area contributed by atoms with E-state index in [1.54, 1.807) is 0 Å². The summed E-state index contributed by atoms with van der Waals surface area (Å²) in [7, 11) is 0. The van der Waals surface area contributed by atoms with Gasteiger partial charge in [-0.3, -0.25) is 0 Å². The monoisotopic (exact) mass is 224 g/mol. The predicted molar refractivity (Wildman–Crippen MR) is 55.6 cm³/mol. The van der Waals surface area contributed by atoms with Crippen molar-refractivity contribution in [3.63, 3.8) is 0 Å². The summed E-state index contributed by atoms with van der Waals surface area (Å²) < 4.78 is 31.4. The average Bonchev–Trinajstić information content (AvgIpc) is 2.68. The van der Waals surface area contributed by atoms with Gasteiger partial charge in [0.1, 0.15) is 5.69 Å². The van der Waals surface area contributed by atoms with Crippen molar-refractivity contribution in [1.82, 2.24) is 5.16 Å². The molecule has 0 amide bonds. The minimum Gasteiger partial charge on any atom is -0.368 e. The molecule has 1 aromatic heterocycles. The Labute approximate surface area is 90.9 Å². The topological polar surface area (TPSA) is 52.0 Å². The molecule has 0 aliphatic carbocycles. The molecule has 84 valence electrons. The number of aryl methyl sites for hydroxylation is 1. The summed E-state index contributed by atoms with van der Waals surface area (Å²) >= 11 is 0. The molecular weight excluding hydrogens is 214 g/mol. The second-order valence-corrected chi connectivity index (χ2v) is 3.41. The van der Waals surface area contributed by atoms with Gasteiger partial charge >= 0.3 is 0 Å². The van der Waals surface area contributed by atoms with Crippen molar-refractivity contribution in [2.24, 2.45) is 0 Å². The lowest BCUT2D eigenvalue weighted by Gasteiger charge is -2.03. The first-order chi connectivity index (χ1) is 7.61. The number of anilines is 1. The van der Waals surface area contributed by atoms with E-state index in [2.05, 4.69) is 9.68 Å². The van der Waals surface area contributed by atoms with Crippen LogP contribution < -0.4 is 5.73 Å². The van der Waals surface area contributed by atoms with E-state index in [1.807, 2.05) is 6.92 Å². The molecule has 5 heteroatoms. The Balaban J connectivity index is 2.59.